The molecule has 0 atom stereocenters. The number of carbonyl (C=O) groups is 1. The van der Waals surface area contributed by atoms with Gasteiger partial charge in [-0.15, -0.1) is 0 Å². The topological polar surface area (TPSA) is 74.2 Å². The highest BCUT2D eigenvalue weighted by atomic mass is 16.5. The lowest BCUT2D eigenvalue weighted by molar-refractivity contribution is -0.122. The highest BCUT2D eigenvalue weighted by Gasteiger charge is 2.03. The third-order valence-corrected chi connectivity index (χ3v) is 2.35. The van der Waals surface area contributed by atoms with E-state index in [9.17, 15) is 4.79 Å². The number of benzene rings is 1. The Hall–Kier alpha value is -2.06. The Balaban J connectivity index is 2.44. The van der Waals surface area contributed by atoms with E-state index in [-0.39, 0.29) is 19.1 Å². The van der Waals surface area contributed by atoms with Gasteiger partial charge in [0.05, 0.1) is 6.07 Å². The second kappa shape index (κ2) is 8.11. The van der Waals surface area contributed by atoms with Crippen LogP contribution in [0.3, 0.4) is 0 Å². The molecule has 1 amide bonds. The predicted molar refractivity (Wildman–Crippen MR) is 72.5 cm³/mol. The molecule has 0 fully saturated rings. The van der Waals surface area contributed by atoms with Crippen molar-refractivity contribution in [3.05, 3.63) is 29.8 Å². The van der Waals surface area contributed by atoms with Crippen molar-refractivity contribution in [2.45, 2.75) is 26.4 Å². The van der Waals surface area contributed by atoms with Crippen molar-refractivity contribution >= 4 is 5.91 Å². The van der Waals surface area contributed by atoms with Gasteiger partial charge in [0, 0.05) is 12.6 Å². The smallest absolute Gasteiger partial charge is 0.258 e. The van der Waals surface area contributed by atoms with Gasteiger partial charge in [0.25, 0.3) is 5.91 Å². The lowest BCUT2D eigenvalue weighted by atomic mass is 10.2. The molecule has 0 spiro atoms. The van der Waals surface area contributed by atoms with Crippen LogP contribution >= 0.6 is 0 Å². The van der Waals surface area contributed by atoms with Gasteiger partial charge in [-0.2, -0.15) is 5.26 Å². The zero-order chi connectivity index (χ0) is 14.1. The van der Waals surface area contributed by atoms with Crippen LogP contribution in [0.2, 0.25) is 0 Å². The lowest BCUT2D eigenvalue weighted by Gasteiger charge is -2.10. The Kier molecular flexibility index (Phi) is 6.41. The molecule has 1 rings (SSSR count). The van der Waals surface area contributed by atoms with E-state index in [1.165, 1.54) is 0 Å². The van der Waals surface area contributed by atoms with Gasteiger partial charge < -0.3 is 15.4 Å². The molecule has 0 saturated heterocycles. The average Bonchev–Trinajstić information content (AvgIpc) is 2.41. The van der Waals surface area contributed by atoms with Crippen molar-refractivity contribution < 1.29 is 9.53 Å². The van der Waals surface area contributed by atoms with E-state index >= 15 is 0 Å². The zero-order valence-corrected chi connectivity index (χ0v) is 11.3. The molecule has 0 aromatic heterocycles. The van der Waals surface area contributed by atoms with E-state index in [0.717, 1.165) is 12.1 Å². The molecule has 5 heteroatoms. The molecule has 2 N–H and O–H groups in total. The summed E-state index contributed by atoms with van der Waals surface area (Å²) < 4.78 is 5.36. The van der Waals surface area contributed by atoms with Crippen LogP contribution in [0.4, 0.5) is 0 Å². The largest absolute Gasteiger partial charge is 0.484 e. The summed E-state index contributed by atoms with van der Waals surface area (Å²) in [6, 6.07) is 9.84. The predicted octanol–water partition coefficient (Wildman–Crippen LogP) is 1.20. The number of amides is 1. The van der Waals surface area contributed by atoms with Crippen molar-refractivity contribution in [3.63, 3.8) is 0 Å². The van der Waals surface area contributed by atoms with E-state index in [0.29, 0.717) is 11.8 Å². The molecule has 0 saturated carbocycles. The summed E-state index contributed by atoms with van der Waals surface area (Å²) in [6.07, 6.45) is 0. The molecule has 19 heavy (non-hydrogen) atoms. The molecule has 1 aromatic rings. The molecule has 0 unspecified atom stereocenters. The van der Waals surface area contributed by atoms with Gasteiger partial charge in [-0.3, -0.25) is 4.79 Å². The monoisotopic (exact) mass is 261 g/mol. The van der Waals surface area contributed by atoms with Gasteiger partial charge >= 0.3 is 0 Å². The van der Waals surface area contributed by atoms with Crippen LogP contribution in [0.1, 0.15) is 19.4 Å². The summed E-state index contributed by atoms with van der Waals surface area (Å²) in [5, 5.41) is 14.1. The van der Waals surface area contributed by atoms with Gasteiger partial charge in [0.2, 0.25) is 0 Å². The van der Waals surface area contributed by atoms with Crippen LogP contribution in [-0.2, 0) is 11.3 Å². The van der Waals surface area contributed by atoms with Crippen LogP contribution < -0.4 is 15.4 Å². The average molecular weight is 261 g/mol. The third kappa shape index (κ3) is 6.43. The summed E-state index contributed by atoms with van der Waals surface area (Å²) >= 11 is 0. The van der Waals surface area contributed by atoms with Crippen LogP contribution in [-0.4, -0.2) is 25.1 Å². The molecule has 1 aromatic carbocycles. The van der Waals surface area contributed by atoms with Crippen LogP contribution in [0.5, 0.6) is 5.75 Å². The number of nitriles is 1. The summed E-state index contributed by atoms with van der Waals surface area (Å²) in [4.78, 5) is 11.3. The number of carbonyl (C=O) groups excluding carboxylic acids is 1. The fourth-order valence-electron chi connectivity index (χ4n) is 1.41. The summed E-state index contributed by atoms with van der Waals surface area (Å²) in [7, 11) is 0. The first kappa shape index (κ1) is 15.0. The minimum absolute atomic E-state index is 0.000537. The second-order valence-corrected chi connectivity index (χ2v) is 4.41. The number of rotatable bonds is 7. The first-order valence-electron chi connectivity index (χ1n) is 6.20. The molecule has 0 aliphatic heterocycles. The molecule has 0 aliphatic carbocycles. The van der Waals surface area contributed by atoms with E-state index in [1.807, 2.05) is 24.3 Å². The Morgan fingerprint density at radius 3 is 2.95 bits per heavy atom. The molecule has 0 bridgehead atoms. The Morgan fingerprint density at radius 2 is 2.26 bits per heavy atom. The molecule has 0 heterocycles. The van der Waals surface area contributed by atoms with E-state index < -0.39 is 0 Å². The van der Waals surface area contributed by atoms with Crippen molar-refractivity contribution in [2.75, 3.05) is 13.2 Å². The Labute approximate surface area is 113 Å². The maximum atomic E-state index is 11.3. The molecular weight excluding hydrogens is 242 g/mol. The second-order valence-electron chi connectivity index (χ2n) is 4.41. The maximum Gasteiger partial charge on any atom is 0.258 e. The Morgan fingerprint density at radius 1 is 1.47 bits per heavy atom. The van der Waals surface area contributed by atoms with Gasteiger partial charge in [0.15, 0.2) is 6.61 Å². The minimum atomic E-state index is -0.299. The summed E-state index contributed by atoms with van der Waals surface area (Å²) in [6.45, 7) is 4.85. The van der Waals surface area contributed by atoms with Gasteiger partial charge in [-0.25, -0.2) is 0 Å². The van der Waals surface area contributed by atoms with Gasteiger partial charge in [0.1, 0.15) is 12.3 Å². The summed E-state index contributed by atoms with van der Waals surface area (Å²) in [5.74, 6) is 0.349. The fraction of sp³-hybridized carbons (Fsp3) is 0.429. The number of nitrogens with one attached hydrogen (secondary N) is 2. The maximum absolute atomic E-state index is 11.3. The van der Waals surface area contributed by atoms with Crippen LogP contribution in [0.25, 0.3) is 0 Å². The minimum Gasteiger partial charge on any atom is -0.484 e. The van der Waals surface area contributed by atoms with Crippen molar-refractivity contribution in [1.82, 2.24) is 10.6 Å². The first-order chi connectivity index (χ1) is 9.11. The van der Waals surface area contributed by atoms with Gasteiger partial charge in [-0.05, 0) is 17.7 Å². The van der Waals surface area contributed by atoms with Crippen LogP contribution in [0, 0.1) is 11.3 Å². The van der Waals surface area contributed by atoms with E-state index in [4.69, 9.17) is 10.00 Å². The third-order valence-electron chi connectivity index (χ3n) is 2.35. The molecule has 102 valence electrons. The highest BCUT2D eigenvalue weighted by Crippen LogP contribution is 2.13. The quantitative estimate of drug-likeness (QED) is 0.723. The standard InChI is InChI=1S/C14H19N3O2/c1-11(2)17-9-12-4-3-5-13(8-12)19-10-14(18)16-7-6-15/h3-5,8,11,17H,7,9-10H2,1-2H3,(H,16,18). The SMILES string of the molecule is CC(C)NCc1cccc(OCC(=O)NCC#N)c1. The van der Waals surface area contributed by atoms with Crippen molar-refractivity contribution in [1.29, 1.82) is 5.26 Å². The number of ether oxygens (including phenoxy) is 1. The molecule has 5 nitrogen and oxygen atoms in total. The van der Waals surface area contributed by atoms with Crippen LogP contribution in [0.15, 0.2) is 24.3 Å². The number of hydrogen-bond donors (Lipinski definition) is 2. The highest BCUT2D eigenvalue weighted by molar-refractivity contribution is 5.77. The Bertz CT molecular complexity index is 452. The lowest BCUT2D eigenvalue weighted by Crippen LogP contribution is -2.29. The van der Waals surface area contributed by atoms with E-state index in [2.05, 4.69) is 24.5 Å². The fourth-order valence-corrected chi connectivity index (χ4v) is 1.41. The number of nitrogens with zero attached hydrogens (tertiary/aromatic N) is 1. The van der Waals surface area contributed by atoms with Gasteiger partial charge in [-0.1, -0.05) is 26.0 Å². The normalized spacial score (nSPS) is 10.0. The molecule has 0 aliphatic rings. The van der Waals surface area contributed by atoms with Crippen molar-refractivity contribution in [2.24, 2.45) is 0 Å². The summed E-state index contributed by atoms with van der Waals surface area (Å²) in [5.41, 5.74) is 1.10. The first-order valence-corrected chi connectivity index (χ1v) is 6.20. The van der Waals surface area contributed by atoms with E-state index in [1.54, 1.807) is 6.07 Å². The molecule has 0 radical (unpaired) electrons. The number of hydrogen-bond acceptors (Lipinski definition) is 4. The van der Waals surface area contributed by atoms with Crippen molar-refractivity contribution in [3.8, 4) is 11.8 Å². The molecular formula is C14H19N3O2. The zero-order valence-electron chi connectivity index (χ0n) is 11.3.